The standard InChI is InChI=1S/C8H9NO3/c10-5-8(6-11)3-1-2-4-9(8)7-12/h1-2,5-7H,3-4H2. The van der Waals surface area contributed by atoms with Crippen molar-refractivity contribution in [1.29, 1.82) is 0 Å². The molecule has 0 bridgehead atoms. The minimum atomic E-state index is -1.25. The van der Waals surface area contributed by atoms with Crippen LogP contribution in [-0.2, 0) is 14.4 Å². The number of aldehydes is 2. The van der Waals surface area contributed by atoms with E-state index in [1.165, 1.54) is 4.90 Å². The quantitative estimate of drug-likeness (QED) is 0.325. The summed E-state index contributed by atoms with van der Waals surface area (Å²) in [6.07, 6.45) is 5.29. The number of hydrogen-bond acceptors (Lipinski definition) is 3. The average Bonchev–Trinajstić information content (AvgIpc) is 2.17. The molecule has 0 aromatic rings. The molecule has 0 saturated heterocycles. The molecule has 64 valence electrons. The van der Waals surface area contributed by atoms with E-state index in [9.17, 15) is 14.4 Å². The van der Waals surface area contributed by atoms with Crippen LogP contribution in [0.1, 0.15) is 6.42 Å². The maximum atomic E-state index is 10.6. The molecule has 0 radical (unpaired) electrons. The van der Waals surface area contributed by atoms with Crippen molar-refractivity contribution in [2.45, 2.75) is 12.0 Å². The van der Waals surface area contributed by atoms with Crippen LogP contribution in [0.25, 0.3) is 0 Å². The first-order valence-corrected chi connectivity index (χ1v) is 3.59. The first-order chi connectivity index (χ1) is 5.79. The zero-order valence-electron chi connectivity index (χ0n) is 6.47. The molecular formula is C8H9NO3. The Morgan fingerprint density at radius 2 is 1.83 bits per heavy atom. The van der Waals surface area contributed by atoms with Crippen molar-refractivity contribution in [2.75, 3.05) is 6.54 Å². The molecule has 0 N–H and O–H groups in total. The highest BCUT2D eigenvalue weighted by Crippen LogP contribution is 2.18. The van der Waals surface area contributed by atoms with E-state index in [0.717, 1.165) is 0 Å². The topological polar surface area (TPSA) is 54.5 Å². The van der Waals surface area contributed by atoms with Gasteiger partial charge in [0.25, 0.3) is 0 Å². The maximum absolute atomic E-state index is 10.6. The van der Waals surface area contributed by atoms with Gasteiger partial charge in [0.2, 0.25) is 6.41 Å². The Morgan fingerprint density at radius 3 is 2.25 bits per heavy atom. The highest BCUT2D eigenvalue weighted by atomic mass is 16.2. The molecule has 0 fully saturated rings. The molecule has 1 aliphatic heterocycles. The number of amides is 1. The lowest BCUT2D eigenvalue weighted by atomic mass is 9.94. The molecule has 12 heavy (non-hydrogen) atoms. The fraction of sp³-hybridized carbons (Fsp3) is 0.375. The monoisotopic (exact) mass is 167 g/mol. The van der Waals surface area contributed by atoms with Crippen molar-refractivity contribution in [2.24, 2.45) is 0 Å². The summed E-state index contributed by atoms with van der Waals surface area (Å²) in [7, 11) is 0. The summed E-state index contributed by atoms with van der Waals surface area (Å²) in [5.41, 5.74) is -1.25. The Bertz CT molecular complexity index is 226. The Kier molecular flexibility index (Phi) is 2.38. The summed E-state index contributed by atoms with van der Waals surface area (Å²) in [5, 5.41) is 0. The Hall–Kier alpha value is -1.45. The van der Waals surface area contributed by atoms with Crippen LogP contribution < -0.4 is 0 Å². The third-order valence-electron chi connectivity index (χ3n) is 1.98. The summed E-state index contributed by atoms with van der Waals surface area (Å²) < 4.78 is 0. The second-order valence-electron chi connectivity index (χ2n) is 2.66. The van der Waals surface area contributed by atoms with E-state index in [0.29, 0.717) is 25.5 Å². The van der Waals surface area contributed by atoms with Gasteiger partial charge in [-0.3, -0.25) is 4.79 Å². The van der Waals surface area contributed by atoms with Crippen molar-refractivity contribution >= 4 is 19.0 Å². The molecule has 1 aliphatic rings. The molecule has 1 amide bonds. The van der Waals surface area contributed by atoms with Crippen molar-refractivity contribution in [1.82, 2.24) is 4.90 Å². The van der Waals surface area contributed by atoms with Crippen LogP contribution in [-0.4, -0.2) is 36.0 Å². The van der Waals surface area contributed by atoms with Gasteiger partial charge >= 0.3 is 0 Å². The molecular weight excluding hydrogens is 158 g/mol. The van der Waals surface area contributed by atoms with Gasteiger partial charge in [0.1, 0.15) is 0 Å². The zero-order valence-corrected chi connectivity index (χ0v) is 6.47. The molecule has 0 saturated carbocycles. The van der Waals surface area contributed by atoms with E-state index >= 15 is 0 Å². The molecule has 1 rings (SSSR count). The number of hydrogen-bond donors (Lipinski definition) is 0. The maximum Gasteiger partial charge on any atom is 0.211 e. The van der Waals surface area contributed by atoms with Crippen LogP contribution in [0, 0.1) is 0 Å². The van der Waals surface area contributed by atoms with Crippen molar-refractivity contribution in [3.05, 3.63) is 12.2 Å². The van der Waals surface area contributed by atoms with Gasteiger partial charge in [0.05, 0.1) is 0 Å². The number of carbonyl (C=O) groups is 3. The lowest BCUT2D eigenvalue weighted by molar-refractivity contribution is -0.137. The van der Waals surface area contributed by atoms with Gasteiger partial charge < -0.3 is 14.5 Å². The van der Waals surface area contributed by atoms with Crippen LogP contribution in [0.3, 0.4) is 0 Å². The minimum Gasteiger partial charge on any atom is -0.322 e. The van der Waals surface area contributed by atoms with Gasteiger partial charge in [-0.25, -0.2) is 0 Å². The van der Waals surface area contributed by atoms with Crippen LogP contribution in [0.4, 0.5) is 0 Å². The Labute approximate surface area is 69.8 Å². The molecule has 0 aromatic heterocycles. The molecule has 4 heteroatoms. The lowest BCUT2D eigenvalue weighted by Gasteiger charge is -2.33. The van der Waals surface area contributed by atoms with Crippen LogP contribution in [0.15, 0.2) is 12.2 Å². The van der Waals surface area contributed by atoms with E-state index in [1.54, 1.807) is 12.2 Å². The predicted octanol–water partition coefficient (Wildman–Crippen LogP) is -0.459. The summed E-state index contributed by atoms with van der Waals surface area (Å²) in [6.45, 7) is 0.320. The minimum absolute atomic E-state index is 0.277. The number of nitrogens with zero attached hydrogens (tertiary/aromatic N) is 1. The Morgan fingerprint density at radius 1 is 1.17 bits per heavy atom. The van der Waals surface area contributed by atoms with Gasteiger partial charge in [-0.15, -0.1) is 0 Å². The number of rotatable bonds is 3. The Balaban J connectivity index is 2.97. The highest BCUT2D eigenvalue weighted by Gasteiger charge is 2.35. The first kappa shape index (κ1) is 8.64. The van der Waals surface area contributed by atoms with Gasteiger partial charge in [0, 0.05) is 13.0 Å². The van der Waals surface area contributed by atoms with Gasteiger partial charge in [-0.05, 0) is 0 Å². The van der Waals surface area contributed by atoms with Gasteiger partial charge in [-0.2, -0.15) is 0 Å². The largest absolute Gasteiger partial charge is 0.322 e. The summed E-state index contributed by atoms with van der Waals surface area (Å²) >= 11 is 0. The summed E-state index contributed by atoms with van der Waals surface area (Å²) in [6, 6.07) is 0. The average molecular weight is 167 g/mol. The third kappa shape index (κ3) is 1.15. The molecule has 0 aliphatic carbocycles. The molecule has 4 nitrogen and oxygen atoms in total. The number of carbonyl (C=O) groups excluding carboxylic acids is 3. The van der Waals surface area contributed by atoms with Crippen LogP contribution in [0.2, 0.25) is 0 Å². The van der Waals surface area contributed by atoms with Gasteiger partial charge in [-0.1, -0.05) is 12.2 Å². The third-order valence-corrected chi connectivity index (χ3v) is 1.98. The molecule has 0 spiro atoms. The molecule has 0 aromatic carbocycles. The van der Waals surface area contributed by atoms with E-state index in [-0.39, 0.29) is 6.42 Å². The van der Waals surface area contributed by atoms with Crippen molar-refractivity contribution in [3.63, 3.8) is 0 Å². The van der Waals surface area contributed by atoms with Gasteiger partial charge in [0.15, 0.2) is 18.1 Å². The normalized spacial score (nSPS) is 20.2. The van der Waals surface area contributed by atoms with Crippen LogP contribution in [0.5, 0.6) is 0 Å². The zero-order chi connectivity index (χ0) is 9.03. The van der Waals surface area contributed by atoms with Crippen molar-refractivity contribution in [3.8, 4) is 0 Å². The molecule has 1 heterocycles. The van der Waals surface area contributed by atoms with E-state index in [4.69, 9.17) is 0 Å². The van der Waals surface area contributed by atoms with Crippen LogP contribution >= 0.6 is 0 Å². The highest BCUT2D eigenvalue weighted by molar-refractivity contribution is 5.92. The molecule has 0 atom stereocenters. The summed E-state index contributed by atoms with van der Waals surface area (Å²) in [4.78, 5) is 32.9. The summed E-state index contributed by atoms with van der Waals surface area (Å²) in [5.74, 6) is 0. The van der Waals surface area contributed by atoms with E-state index in [2.05, 4.69) is 0 Å². The smallest absolute Gasteiger partial charge is 0.211 e. The van der Waals surface area contributed by atoms with E-state index < -0.39 is 5.54 Å². The second-order valence-corrected chi connectivity index (χ2v) is 2.66. The first-order valence-electron chi connectivity index (χ1n) is 3.59. The second kappa shape index (κ2) is 3.30. The van der Waals surface area contributed by atoms with Crippen molar-refractivity contribution < 1.29 is 14.4 Å². The predicted molar refractivity (Wildman–Crippen MR) is 41.4 cm³/mol. The fourth-order valence-corrected chi connectivity index (χ4v) is 1.15. The molecule has 0 unspecified atom stereocenters. The van der Waals surface area contributed by atoms with E-state index in [1.807, 2.05) is 0 Å². The fourth-order valence-electron chi connectivity index (χ4n) is 1.15. The SMILES string of the molecule is O=CN1CC=CCC1(C=O)C=O. The lowest BCUT2D eigenvalue weighted by Crippen LogP contribution is -2.52.